The molecular formula is C13H28N2O. The van der Waals surface area contributed by atoms with E-state index in [1.54, 1.807) is 0 Å². The number of hydrogen-bond donors (Lipinski definition) is 2. The normalized spacial score (nSPS) is 27.9. The molecule has 1 saturated carbocycles. The highest BCUT2D eigenvalue weighted by Gasteiger charge is 2.25. The fourth-order valence-corrected chi connectivity index (χ4v) is 2.81. The maximum atomic E-state index is 5.65. The first-order chi connectivity index (χ1) is 7.81. The third-order valence-corrected chi connectivity index (χ3v) is 4.03. The van der Waals surface area contributed by atoms with Gasteiger partial charge in [-0.1, -0.05) is 26.2 Å². The van der Waals surface area contributed by atoms with E-state index in [9.17, 15) is 0 Å². The van der Waals surface area contributed by atoms with Gasteiger partial charge in [0.15, 0.2) is 0 Å². The molecule has 0 aromatic heterocycles. The van der Waals surface area contributed by atoms with Gasteiger partial charge in [-0.15, -0.1) is 0 Å². The topological polar surface area (TPSA) is 47.3 Å². The summed E-state index contributed by atoms with van der Waals surface area (Å²) >= 11 is 0. The number of nitrogens with two attached hydrogens (primary N) is 1. The van der Waals surface area contributed by atoms with Crippen molar-refractivity contribution in [3.8, 4) is 0 Å². The molecule has 1 atom stereocenters. The van der Waals surface area contributed by atoms with Crippen molar-refractivity contribution in [1.29, 1.82) is 0 Å². The van der Waals surface area contributed by atoms with Gasteiger partial charge in [-0.2, -0.15) is 0 Å². The van der Waals surface area contributed by atoms with Crippen molar-refractivity contribution in [1.82, 2.24) is 5.43 Å². The molecule has 0 aromatic rings. The zero-order valence-electron chi connectivity index (χ0n) is 10.9. The molecule has 3 N–H and O–H groups in total. The molecule has 0 aliphatic heterocycles. The molecular weight excluding hydrogens is 200 g/mol. The lowest BCUT2D eigenvalue weighted by atomic mass is 9.77. The molecule has 1 rings (SSSR count). The van der Waals surface area contributed by atoms with Gasteiger partial charge in [-0.25, -0.2) is 0 Å². The number of nitrogens with one attached hydrogen (secondary N) is 1. The van der Waals surface area contributed by atoms with Gasteiger partial charge < -0.3 is 4.74 Å². The van der Waals surface area contributed by atoms with Crippen LogP contribution in [-0.2, 0) is 4.74 Å². The molecule has 16 heavy (non-hydrogen) atoms. The lowest BCUT2D eigenvalue weighted by Crippen LogP contribution is -2.43. The van der Waals surface area contributed by atoms with Crippen LogP contribution in [0, 0.1) is 11.8 Å². The lowest BCUT2D eigenvalue weighted by Gasteiger charge is -2.33. The Bertz CT molecular complexity index is 165. The molecule has 1 unspecified atom stereocenters. The molecule has 3 nitrogen and oxygen atoms in total. The molecule has 0 radical (unpaired) electrons. The Hall–Kier alpha value is -0.120. The van der Waals surface area contributed by atoms with E-state index in [2.05, 4.69) is 12.3 Å². The summed E-state index contributed by atoms with van der Waals surface area (Å²) in [5.74, 6) is 7.36. The number of hydrogen-bond acceptors (Lipinski definition) is 3. The number of ether oxygens (including phenoxy) is 1. The zero-order valence-corrected chi connectivity index (χ0v) is 10.9. The van der Waals surface area contributed by atoms with E-state index in [-0.39, 0.29) is 0 Å². The highest BCUT2D eigenvalue weighted by molar-refractivity contribution is 4.80. The maximum Gasteiger partial charge on any atom is 0.0481 e. The Kier molecular flexibility index (Phi) is 7.01. The van der Waals surface area contributed by atoms with Crippen LogP contribution < -0.4 is 11.3 Å². The predicted molar refractivity (Wildman–Crippen MR) is 68.0 cm³/mol. The Morgan fingerprint density at radius 2 is 1.94 bits per heavy atom. The second kappa shape index (κ2) is 8.04. The summed E-state index contributed by atoms with van der Waals surface area (Å²) in [5.41, 5.74) is 2.98. The van der Waals surface area contributed by atoms with Crippen LogP contribution in [0.2, 0.25) is 0 Å². The fourth-order valence-electron chi connectivity index (χ4n) is 2.81. The van der Waals surface area contributed by atoms with Gasteiger partial charge in [0.2, 0.25) is 0 Å². The summed E-state index contributed by atoms with van der Waals surface area (Å²) in [6.07, 6.45) is 7.82. The third kappa shape index (κ3) is 4.40. The minimum atomic E-state index is 0.448. The van der Waals surface area contributed by atoms with Crippen molar-refractivity contribution < 1.29 is 4.74 Å². The molecule has 3 heteroatoms. The van der Waals surface area contributed by atoms with Gasteiger partial charge in [0.05, 0.1) is 0 Å². The van der Waals surface area contributed by atoms with Gasteiger partial charge in [0.1, 0.15) is 0 Å². The first kappa shape index (κ1) is 13.9. The molecule has 0 heterocycles. The van der Waals surface area contributed by atoms with E-state index in [0.717, 1.165) is 31.5 Å². The Morgan fingerprint density at radius 3 is 2.44 bits per heavy atom. The monoisotopic (exact) mass is 228 g/mol. The van der Waals surface area contributed by atoms with Gasteiger partial charge in [0.25, 0.3) is 0 Å². The molecule has 0 amide bonds. The molecule has 0 spiro atoms. The third-order valence-electron chi connectivity index (χ3n) is 4.03. The van der Waals surface area contributed by atoms with Gasteiger partial charge in [-0.3, -0.25) is 11.3 Å². The molecule has 1 aliphatic carbocycles. The quantitative estimate of drug-likeness (QED) is 0.400. The molecule has 1 fully saturated rings. The van der Waals surface area contributed by atoms with E-state index < -0.39 is 0 Å². The smallest absolute Gasteiger partial charge is 0.0481 e. The van der Waals surface area contributed by atoms with Gasteiger partial charge >= 0.3 is 0 Å². The minimum Gasteiger partial charge on any atom is -0.382 e. The van der Waals surface area contributed by atoms with Crippen molar-refractivity contribution in [2.45, 2.75) is 58.4 Å². The first-order valence-electron chi connectivity index (χ1n) is 6.85. The summed E-state index contributed by atoms with van der Waals surface area (Å²) in [5, 5.41) is 0. The van der Waals surface area contributed by atoms with Crippen LogP contribution in [0.15, 0.2) is 0 Å². The Morgan fingerprint density at radius 1 is 1.25 bits per heavy atom. The molecule has 1 aliphatic rings. The van der Waals surface area contributed by atoms with Crippen LogP contribution in [-0.4, -0.2) is 19.3 Å². The lowest BCUT2D eigenvalue weighted by molar-refractivity contribution is 0.118. The van der Waals surface area contributed by atoms with Crippen LogP contribution in [0.3, 0.4) is 0 Å². The summed E-state index contributed by atoms with van der Waals surface area (Å²) < 4.78 is 5.40. The van der Waals surface area contributed by atoms with E-state index >= 15 is 0 Å². The number of rotatable bonds is 7. The van der Waals surface area contributed by atoms with Crippen molar-refractivity contribution in [2.75, 3.05) is 13.2 Å². The van der Waals surface area contributed by atoms with Gasteiger partial charge in [0, 0.05) is 19.3 Å². The zero-order chi connectivity index (χ0) is 11.8. The summed E-state index contributed by atoms with van der Waals surface area (Å²) in [6, 6.07) is 0.448. The predicted octanol–water partition coefficient (Wildman–Crippen LogP) is 2.46. The molecule has 0 aromatic carbocycles. The average Bonchev–Trinajstić information content (AvgIpc) is 2.35. The van der Waals surface area contributed by atoms with E-state index in [4.69, 9.17) is 10.6 Å². The van der Waals surface area contributed by atoms with Crippen LogP contribution in [0.4, 0.5) is 0 Å². The highest BCUT2D eigenvalue weighted by Crippen LogP contribution is 2.33. The second-order valence-corrected chi connectivity index (χ2v) is 4.95. The summed E-state index contributed by atoms with van der Waals surface area (Å²) in [6.45, 7) is 5.98. The average molecular weight is 228 g/mol. The second-order valence-electron chi connectivity index (χ2n) is 4.95. The summed E-state index contributed by atoms with van der Waals surface area (Å²) in [7, 11) is 0. The van der Waals surface area contributed by atoms with Crippen molar-refractivity contribution >= 4 is 0 Å². The van der Waals surface area contributed by atoms with Gasteiger partial charge in [-0.05, 0) is 38.0 Å². The Balaban J connectivity index is 2.25. The number of hydrazine groups is 1. The van der Waals surface area contributed by atoms with E-state index in [1.165, 1.54) is 32.1 Å². The molecule has 0 bridgehead atoms. The van der Waals surface area contributed by atoms with Crippen LogP contribution in [0.25, 0.3) is 0 Å². The van der Waals surface area contributed by atoms with Crippen molar-refractivity contribution in [3.63, 3.8) is 0 Å². The maximum absolute atomic E-state index is 5.65. The van der Waals surface area contributed by atoms with E-state index in [0.29, 0.717) is 6.04 Å². The minimum absolute atomic E-state index is 0.448. The first-order valence-corrected chi connectivity index (χ1v) is 6.85. The van der Waals surface area contributed by atoms with E-state index in [1.807, 2.05) is 6.92 Å². The SMILES string of the molecule is CCOCCC(NN)C1CCC(CC)CC1. The van der Waals surface area contributed by atoms with Crippen LogP contribution >= 0.6 is 0 Å². The standard InChI is InChI=1S/C13H28N2O/c1-3-11-5-7-12(8-6-11)13(15-14)9-10-16-4-2/h11-13,15H,3-10,14H2,1-2H3. The van der Waals surface area contributed by atoms with Crippen LogP contribution in [0.5, 0.6) is 0 Å². The van der Waals surface area contributed by atoms with Crippen LogP contribution in [0.1, 0.15) is 52.4 Å². The highest BCUT2D eigenvalue weighted by atomic mass is 16.5. The summed E-state index contributed by atoms with van der Waals surface area (Å²) in [4.78, 5) is 0. The molecule has 96 valence electrons. The molecule has 0 saturated heterocycles. The largest absolute Gasteiger partial charge is 0.382 e. The van der Waals surface area contributed by atoms with Crippen molar-refractivity contribution in [3.05, 3.63) is 0 Å². The Labute approximate surface area is 100 Å². The fraction of sp³-hybridized carbons (Fsp3) is 1.00. The van der Waals surface area contributed by atoms with Crippen molar-refractivity contribution in [2.24, 2.45) is 17.7 Å².